The Balaban J connectivity index is 1.93. The third-order valence-corrected chi connectivity index (χ3v) is 6.10. The Hall–Kier alpha value is -1.99. The highest BCUT2D eigenvalue weighted by Crippen LogP contribution is 2.30. The highest BCUT2D eigenvalue weighted by molar-refractivity contribution is 7.98. The van der Waals surface area contributed by atoms with Crippen molar-refractivity contribution >= 4 is 23.8 Å². The number of esters is 1. The number of ether oxygens (including phenoxy) is 1. The molecule has 2 aliphatic rings. The van der Waals surface area contributed by atoms with Crippen LogP contribution in [-0.4, -0.2) is 49.4 Å². The normalized spacial score (nSPS) is 21.2. The van der Waals surface area contributed by atoms with Gasteiger partial charge in [-0.05, 0) is 62.7 Å². The molecule has 152 valence electrons. The maximum Gasteiger partial charge on any atom is 0.338 e. The van der Waals surface area contributed by atoms with Crippen LogP contribution in [0.4, 0.5) is 4.79 Å². The molecule has 1 aromatic rings. The third-order valence-electron chi connectivity index (χ3n) is 5.36. The first-order chi connectivity index (χ1) is 13.5. The second kappa shape index (κ2) is 9.47. The molecule has 2 N–H and O–H groups in total. The topological polar surface area (TPSA) is 70.7 Å². The lowest BCUT2D eigenvalue weighted by Gasteiger charge is -2.34. The molecule has 1 atom stereocenters. The largest absolute Gasteiger partial charge is 0.463 e. The van der Waals surface area contributed by atoms with Crippen molar-refractivity contribution < 1.29 is 14.3 Å². The molecule has 28 heavy (non-hydrogen) atoms. The van der Waals surface area contributed by atoms with Crippen LogP contribution >= 0.6 is 11.8 Å². The van der Waals surface area contributed by atoms with E-state index in [0.29, 0.717) is 24.4 Å². The van der Waals surface area contributed by atoms with E-state index in [0.717, 1.165) is 42.3 Å². The average Bonchev–Trinajstić information content (AvgIpc) is 2.69. The molecular formula is C21H29N3O3S. The van der Waals surface area contributed by atoms with Crippen molar-refractivity contribution in [1.82, 2.24) is 15.5 Å². The number of hydrogen-bond acceptors (Lipinski definition) is 5. The monoisotopic (exact) mass is 403 g/mol. The molecule has 0 spiro atoms. The number of amides is 2. The SMILES string of the molecule is CCOC(=O)C1=C(CN2CCC(C)CC2)NC(=O)N[C@@H]1c1ccc(SC)cc1. The molecule has 0 aliphatic carbocycles. The van der Waals surface area contributed by atoms with Gasteiger partial charge in [-0.1, -0.05) is 19.1 Å². The summed E-state index contributed by atoms with van der Waals surface area (Å²) in [6.45, 7) is 6.84. The molecule has 0 unspecified atom stereocenters. The number of benzene rings is 1. The smallest absolute Gasteiger partial charge is 0.338 e. The Morgan fingerprint density at radius 3 is 2.54 bits per heavy atom. The first-order valence-corrected chi connectivity index (χ1v) is 11.1. The van der Waals surface area contributed by atoms with Gasteiger partial charge in [-0.2, -0.15) is 0 Å². The van der Waals surface area contributed by atoms with Gasteiger partial charge in [0.1, 0.15) is 0 Å². The van der Waals surface area contributed by atoms with Crippen molar-refractivity contribution in [2.75, 3.05) is 32.5 Å². The van der Waals surface area contributed by atoms with Crippen LogP contribution in [0.3, 0.4) is 0 Å². The Labute approximate surface area is 171 Å². The zero-order chi connectivity index (χ0) is 20.1. The summed E-state index contributed by atoms with van der Waals surface area (Å²) in [4.78, 5) is 28.6. The number of likely N-dealkylation sites (tertiary alicyclic amines) is 1. The van der Waals surface area contributed by atoms with E-state index in [2.05, 4.69) is 22.5 Å². The van der Waals surface area contributed by atoms with Gasteiger partial charge in [-0.25, -0.2) is 9.59 Å². The van der Waals surface area contributed by atoms with Gasteiger partial charge < -0.3 is 15.4 Å². The van der Waals surface area contributed by atoms with E-state index in [1.165, 1.54) is 0 Å². The lowest BCUT2D eigenvalue weighted by Crippen LogP contribution is -2.49. The van der Waals surface area contributed by atoms with E-state index in [-0.39, 0.29) is 12.0 Å². The molecule has 2 heterocycles. The van der Waals surface area contributed by atoms with Crippen LogP contribution in [0.5, 0.6) is 0 Å². The Morgan fingerprint density at radius 2 is 1.93 bits per heavy atom. The highest BCUT2D eigenvalue weighted by Gasteiger charge is 2.34. The van der Waals surface area contributed by atoms with Gasteiger partial charge in [0.2, 0.25) is 0 Å². The molecular weight excluding hydrogens is 374 g/mol. The van der Waals surface area contributed by atoms with Crippen molar-refractivity contribution in [2.45, 2.75) is 37.6 Å². The standard InChI is InChI=1S/C21H29N3O3S/c1-4-27-20(25)18-17(13-24-11-9-14(2)10-12-24)22-21(26)23-19(18)15-5-7-16(28-3)8-6-15/h5-8,14,19H,4,9-13H2,1-3H3,(H2,22,23,26)/t19-/m1/s1. The van der Waals surface area contributed by atoms with Crippen molar-refractivity contribution in [1.29, 1.82) is 0 Å². The Morgan fingerprint density at radius 1 is 1.25 bits per heavy atom. The quantitative estimate of drug-likeness (QED) is 0.563. The lowest BCUT2D eigenvalue weighted by molar-refractivity contribution is -0.139. The minimum atomic E-state index is -0.512. The van der Waals surface area contributed by atoms with E-state index in [1.807, 2.05) is 30.5 Å². The second-order valence-corrected chi connectivity index (χ2v) is 8.26. The maximum absolute atomic E-state index is 12.8. The summed E-state index contributed by atoms with van der Waals surface area (Å²) in [6, 6.07) is 7.13. The molecule has 2 aliphatic heterocycles. The molecule has 2 amide bonds. The van der Waals surface area contributed by atoms with Crippen LogP contribution in [0.1, 0.15) is 38.3 Å². The Kier molecular flexibility index (Phi) is 7.02. The molecule has 0 aromatic heterocycles. The number of rotatable bonds is 6. The fourth-order valence-corrected chi connectivity index (χ4v) is 4.09. The first-order valence-electron chi connectivity index (χ1n) is 9.85. The fraction of sp³-hybridized carbons (Fsp3) is 0.524. The zero-order valence-electron chi connectivity index (χ0n) is 16.8. The molecule has 7 heteroatoms. The van der Waals surface area contributed by atoms with Gasteiger partial charge in [0.05, 0.1) is 18.2 Å². The zero-order valence-corrected chi connectivity index (χ0v) is 17.6. The molecule has 0 radical (unpaired) electrons. The van der Waals surface area contributed by atoms with E-state index < -0.39 is 6.04 Å². The van der Waals surface area contributed by atoms with Crippen LogP contribution in [0, 0.1) is 5.92 Å². The number of nitrogens with one attached hydrogen (secondary N) is 2. The molecule has 1 saturated heterocycles. The van der Waals surface area contributed by atoms with Crippen LogP contribution in [-0.2, 0) is 9.53 Å². The molecule has 1 fully saturated rings. The number of nitrogens with zero attached hydrogens (tertiary/aromatic N) is 1. The van der Waals surface area contributed by atoms with Gasteiger partial charge in [-0.15, -0.1) is 11.8 Å². The van der Waals surface area contributed by atoms with Crippen LogP contribution in [0.15, 0.2) is 40.4 Å². The Bertz CT molecular complexity index is 740. The van der Waals surface area contributed by atoms with Crippen molar-refractivity contribution in [3.63, 3.8) is 0 Å². The highest BCUT2D eigenvalue weighted by atomic mass is 32.2. The number of piperidine rings is 1. The maximum atomic E-state index is 12.8. The lowest BCUT2D eigenvalue weighted by atomic mass is 9.94. The number of carbonyl (C=O) groups excluding carboxylic acids is 2. The minimum Gasteiger partial charge on any atom is -0.463 e. The van der Waals surface area contributed by atoms with Gasteiger partial charge in [0.15, 0.2) is 0 Å². The van der Waals surface area contributed by atoms with Crippen molar-refractivity contribution in [3.8, 4) is 0 Å². The van der Waals surface area contributed by atoms with Crippen LogP contribution in [0.25, 0.3) is 0 Å². The summed E-state index contributed by atoms with van der Waals surface area (Å²) < 4.78 is 5.34. The van der Waals surface area contributed by atoms with E-state index >= 15 is 0 Å². The van der Waals surface area contributed by atoms with Gasteiger partial charge in [0, 0.05) is 17.1 Å². The third kappa shape index (κ3) is 4.89. The molecule has 6 nitrogen and oxygen atoms in total. The van der Waals surface area contributed by atoms with Crippen LogP contribution < -0.4 is 10.6 Å². The van der Waals surface area contributed by atoms with Crippen molar-refractivity contribution in [2.24, 2.45) is 5.92 Å². The van der Waals surface area contributed by atoms with Crippen molar-refractivity contribution in [3.05, 3.63) is 41.1 Å². The fourth-order valence-electron chi connectivity index (χ4n) is 3.68. The van der Waals surface area contributed by atoms with Gasteiger partial charge >= 0.3 is 12.0 Å². The van der Waals surface area contributed by atoms with E-state index in [4.69, 9.17) is 4.74 Å². The summed E-state index contributed by atoms with van der Waals surface area (Å²) in [5.41, 5.74) is 2.02. The predicted molar refractivity (Wildman–Crippen MR) is 111 cm³/mol. The minimum absolute atomic E-state index is 0.285. The summed E-state index contributed by atoms with van der Waals surface area (Å²) in [5, 5.41) is 5.77. The van der Waals surface area contributed by atoms with Gasteiger partial charge in [0.25, 0.3) is 0 Å². The van der Waals surface area contributed by atoms with Gasteiger partial charge in [-0.3, -0.25) is 4.90 Å². The van der Waals surface area contributed by atoms with E-state index in [9.17, 15) is 9.59 Å². The number of urea groups is 1. The second-order valence-electron chi connectivity index (χ2n) is 7.38. The average molecular weight is 404 g/mol. The summed E-state index contributed by atoms with van der Waals surface area (Å²) in [7, 11) is 0. The summed E-state index contributed by atoms with van der Waals surface area (Å²) >= 11 is 1.65. The number of hydrogen-bond donors (Lipinski definition) is 2. The molecule has 0 bridgehead atoms. The van der Waals surface area contributed by atoms with E-state index in [1.54, 1.807) is 18.7 Å². The molecule has 0 saturated carbocycles. The first kappa shape index (κ1) is 20.7. The summed E-state index contributed by atoms with van der Waals surface area (Å²) in [6.07, 6.45) is 4.28. The van der Waals surface area contributed by atoms with Crippen LogP contribution in [0.2, 0.25) is 0 Å². The molecule has 1 aromatic carbocycles. The molecule has 3 rings (SSSR count). The summed E-state index contributed by atoms with van der Waals surface area (Å²) in [5.74, 6) is 0.342. The number of carbonyl (C=O) groups is 2. The predicted octanol–water partition coefficient (Wildman–Crippen LogP) is 3.31. The number of thioether (sulfide) groups is 1.